The molecule has 1 aromatic carbocycles. The Morgan fingerprint density at radius 2 is 1.88 bits per heavy atom. The molecule has 0 saturated heterocycles. The average Bonchev–Trinajstić information content (AvgIpc) is 2.59. The third-order valence-corrected chi connectivity index (χ3v) is 2.35. The zero-order chi connectivity index (χ0) is 11.7. The number of non-ortho nitro benzene ring substituents is 1. The van der Waals surface area contributed by atoms with E-state index in [1.807, 2.05) is 13.8 Å². The minimum Gasteiger partial charge on any atom is -0.441 e. The lowest BCUT2D eigenvalue weighted by atomic mass is 10.2. The van der Waals surface area contributed by atoms with E-state index in [-0.39, 0.29) is 5.69 Å². The molecule has 0 radical (unpaired) electrons. The molecule has 2 rings (SSSR count). The number of oxazole rings is 1. The van der Waals surface area contributed by atoms with Crippen LogP contribution in [-0.2, 0) is 0 Å². The smallest absolute Gasteiger partial charge is 0.269 e. The number of nitro groups is 1. The minimum absolute atomic E-state index is 0.0590. The van der Waals surface area contributed by atoms with Crippen molar-refractivity contribution >= 4 is 5.69 Å². The zero-order valence-electron chi connectivity index (χ0n) is 8.93. The standard InChI is InChI=1S/C11H10N2O3/c1-7-8(2)16-11(12-7)9-3-5-10(6-4-9)13(14)15/h3-6H,1-2H3. The monoisotopic (exact) mass is 218 g/mol. The second-order valence-corrected chi connectivity index (χ2v) is 3.46. The molecule has 0 aliphatic carbocycles. The zero-order valence-corrected chi connectivity index (χ0v) is 8.93. The van der Waals surface area contributed by atoms with E-state index >= 15 is 0 Å². The van der Waals surface area contributed by atoms with Gasteiger partial charge in [0.2, 0.25) is 5.89 Å². The highest BCUT2D eigenvalue weighted by Crippen LogP contribution is 2.23. The van der Waals surface area contributed by atoms with Crippen molar-refractivity contribution < 1.29 is 9.34 Å². The van der Waals surface area contributed by atoms with Gasteiger partial charge in [-0.05, 0) is 26.0 Å². The maximum atomic E-state index is 10.5. The molecule has 0 atom stereocenters. The first-order valence-corrected chi connectivity index (χ1v) is 4.77. The third-order valence-electron chi connectivity index (χ3n) is 2.35. The van der Waals surface area contributed by atoms with Crippen LogP contribution >= 0.6 is 0 Å². The van der Waals surface area contributed by atoms with Crippen LogP contribution in [-0.4, -0.2) is 9.91 Å². The summed E-state index contributed by atoms with van der Waals surface area (Å²) in [5, 5.41) is 10.5. The Hall–Kier alpha value is -2.17. The summed E-state index contributed by atoms with van der Waals surface area (Å²) >= 11 is 0. The van der Waals surface area contributed by atoms with Gasteiger partial charge in [-0.1, -0.05) is 0 Å². The molecule has 0 aliphatic heterocycles. The highest BCUT2D eigenvalue weighted by molar-refractivity contribution is 5.56. The summed E-state index contributed by atoms with van der Waals surface area (Å²) in [6.45, 7) is 3.69. The van der Waals surface area contributed by atoms with Gasteiger partial charge in [0.15, 0.2) is 0 Å². The second-order valence-electron chi connectivity index (χ2n) is 3.46. The molecular weight excluding hydrogens is 208 g/mol. The van der Waals surface area contributed by atoms with Gasteiger partial charge in [-0.25, -0.2) is 4.98 Å². The van der Waals surface area contributed by atoms with E-state index < -0.39 is 4.92 Å². The van der Waals surface area contributed by atoms with Crippen LogP contribution in [0.1, 0.15) is 11.5 Å². The van der Waals surface area contributed by atoms with Gasteiger partial charge in [0.05, 0.1) is 10.6 Å². The molecule has 0 bridgehead atoms. The summed E-state index contributed by atoms with van der Waals surface area (Å²) in [6, 6.07) is 6.13. The van der Waals surface area contributed by atoms with E-state index in [4.69, 9.17) is 4.42 Å². The van der Waals surface area contributed by atoms with E-state index in [9.17, 15) is 10.1 Å². The Kier molecular flexibility index (Phi) is 2.44. The fourth-order valence-corrected chi connectivity index (χ4v) is 1.32. The molecule has 16 heavy (non-hydrogen) atoms. The molecule has 0 unspecified atom stereocenters. The van der Waals surface area contributed by atoms with Gasteiger partial charge in [0.25, 0.3) is 5.69 Å². The number of aromatic nitrogens is 1. The lowest BCUT2D eigenvalue weighted by Crippen LogP contribution is -1.87. The van der Waals surface area contributed by atoms with Crippen molar-refractivity contribution in [1.82, 2.24) is 4.98 Å². The van der Waals surface area contributed by atoms with Crippen molar-refractivity contribution in [2.75, 3.05) is 0 Å². The number of nitro benzene ring substituents is 1. The molecular formula is C11H10N2O3. The molecule has 2 aromatic rings. The van der Waals surface area contributed by atoms with Crippen LogP contribution < -0.4 is 0 Å². The molecule has 0 aliphatic rings. The summed E-state index contributed by atoms with van der Waals surface area (Å²) in [6.07, 6.45) is 0. The molecule has 5 heteroatoms. The highest BCUT2D eigenvalue weighted by Gasteiger charge is 2.10. The Bertz CT molecular complexity index is 509. The van der Waals surface area contributed by atoms with Crippen LogP contribution in [0.15, 0.2) is 28.7 Å². The lowest BCUT2D eigenvalue weighted by molar-refractivity contribution is -0.384. The second kappa shape index (κ2) is 3.77. The van der Waals surface area contributed by atoms with Crippen molar-refractivity contribution in [3.05, 3.63) is 45.8 Å². The number of rotatable bonds is 2. The van der Waals surface area contributed by atoms with Gasteiger partial charge in [-0.15, -0.1) is 0 Å². The number of hydrogen-bond acceptors (Lipinski definition) is 4. The van der Waals surface area contributed by atoms with Crippen LogP contribution in [0.4, 0.5) is 5.69 Å². The fraction of sp³-hybridized carbons (Fsp3) is 0.182. The van der Waals surface area contributed by atoms with E-state index in [1.54, 1.807) is 12.1 Å². The summed E-state index contributed by atoms with van der Waals surface area (Å²) in [4.78, 5) is 14.3. The summed E-state index contributed by atoms with van der Waals surface area (Å²) < 4.78 is 5.42. The molecule has 0 amide bonds. The van der Waals surface area contributed by atoms with Crippen LogP contribution in [0.3, 0.4) is 0 Å². The largest absolute Gasteiger partial charge is 0.441 e. The molecule has 1 heterocycles. The number of benzene rings is 1. The minimum atomic E-state index is -0.435. The van der Waals surface area contributed by atoms with Crippen LogP contribution in [0.25, 0.3) is 11.5 Å². The van der Waals surface area contributed by atoms with Crippen LogP contribution in [0, 0.1) is 24.0 Å². The molecule has 82 valence electrons. The summed E-state index contributed by atoms with van der Waals surface area (Å²) in [5.41, 5.74) is 1.62. The van der Waals surface area contributed by atoms with Crippen molar-refractivity contribution in [2.45, 2.75) is 13.8 Å². The van der Waals surface area contributed by atoms with Crippen molar-refractivity contribution in [2.24, 2.45) is 0 Å². The topological polar surface area (TPSA) is 69.2 Å². The SMILES string of the molecule is Cc1nc(-c2ccc([N+](=O)[O-])cc2)oc1C. The third kappa shape index (κ3) is 1.79. The Morgan fingerprint density at radius 1 is 1.25 bits per heavy atom. The normalized spacial score (nSPS) is 10.4. The van der Waals surface area contributed by atoms with E-state index in [0.29, 0.717) is 5.89 Å². The first kappa shape index (κ1) is 10.4. The van der Waals surface area contributed by atoms with Gasteiger partial charge in [-0.2, -0.15) is 0 Å². The summed E-state index contributed by atoms with van der Waals surface area (Å²) in [7, 11) is 0. The highest BCUT2D eigenvalue weighted by atomic mass is 16.6. The van der Waals surface area contributed by atoms with Gasteiger partial charge >= 0.3 is 0 Å². The first-order valence-electron chi connectivity index (χ1n) is 4.77. The maximum Gasteiger partial charge on any atom is 0.269 e. The van der Waals surface area contributed by atoms with Crippen molar-refractivity contribution in [3.63, 3.8) is 0 Å². The fourth-order valence-electron chi connectivity index (χ4n) is 1.32. The predicted molar refractivity (Wildman–Crippen MR) is 58.1 cm³/mol. The number of hydrogen-bond donors (Lipinski definition) is 0. The van der Waals surface area contributed by atoms with E-state index in [2.05, 4.69) is 4.98 Å². The van der Waals surface area contributed by atoms with Gasteiger partial charge in [-0.3, -0.25) is 10.1 Å². The quantitative estimate of drug-likeness (QED) is 0.574. The van der Waals surface area contributed by atoms with E-state index in [1.165, 1.54) is 12.1 Å². The number of nitrogens with zero attached hydrogens (tertiary/aromatic N) is 2. The first-order chi connectivity index (χ1) is 7.58. The number of aryl methyl sites for hydroxylation is 2. The molecule has 5 nitrogen and oxygen atoms in total. The Labute approximate surface area is 91.9 Å². The summed E-state index contributed by atoms with van der Waals surface area (Å²) in [5.74, 6) is 1.25. The van der Waals surface area contributed by atoms with E-state index in [0.717, 1.165) is 17.0 Å². The average molecular weight is 218 g/mol. The molecule has 1 aromatic heterocycles. The molecule has 0 spiro atoms. The van der Waals surface area contributed by atoms with Crippen molar-refractivity contribution in [1.29, 1.82) is 0 Å². The maximum absolute atomic E-state index is 10.5. The molecule has 0 saturated carbocycles. The van der Waals surface area contributed by atoms with Gasteiger partial charge in [0, 0.05) is 17.7 Å². The molecule has 0 fully saturated rings. The predicted octanol–water partition coefficient (Wildman–Crippen LogP) is 2.87. The van der Waals surface area contributed by atoms with Gasteiger partial charge in [0.1, 0.15) is 5.76 Å². The lowest BCUT2D eigenvalue weighted by Gasteiger charge is -1.94. The Balaban J connectivity index is 2.38. The van der Waals surface area contributed by atoms with Crippen LogP contribution in [0.2, 0.25) is 0 Å². The molecule has 0 N–H and O–H groups in total. The van der Waals surface area contributed by atoms with Crippen molar-refractivity contribution in [3.8, 4) is 11.5 Å². The Morgan fingerprint density at radius 3 is 2.31 bits per heavy atom. The van der Waals surface area contributed by atoms with Crippen LogP contribution in [0.5, 0.6) is 0 Å². The van der Waals surface area contributed by atoms with Gasteiger partial charge < -0.3 is 4.42 Å².